The molecule has 1 heterocycles. The lowest BCUT2D eigenvalue weighted by atomic mass is 10.2. The first-order chi connectivity index (χ1) is 13.7. The number of aliphatic imine (C=N–C) groups is 1. The molecular weight excluding hydrogens is 372 g/mol. The Bertz CT molecular complexity index is 789. The smallest absolute Gasteiger partial charge is 0.189 e. The number of benzene rings is 2. The highest BCUT2D eigenvalue weighted by Crippen LogP contribution is 2.27. The standard InChI is InChI=1S/C21H28N4O2S/c1-26-19-8-5-17(13-20(19)27-2)15-24-21(22)23-14-16-3-6-18(7-4-16)25-9-11-28-12-10-25/h3-8,13H,9-12,14-15H2,1-2H3,(H3,22,23,24). The van der Waals surface area contributed by atoms with Crippen molar-refractivity contribution in [1.82, 2.24) is 5.32 Å². The van der Waals surface area contributed by atoms with Crippen molar-refractivity contribution in [3.05, 3.63) is 53.6 Å². The molecule has 0 aliphatic carbocycles. The molecule has 150 valence electrons. The van der Waals surface area contributed by atoms with Crippen molar-refractivity contribution in [2.24, 2.45) is 10.7 Å². The fourth-order valence-electron chi connectivity index (χ4n) is 3.05. The van der Waals surface area contributed by atoms with Crippen molar-refractivity contribution < 1.29 is 9.47 Å². The molecule has 0 atom stereocenters. The van der Waals surface area contributed by atoms with Gasteiger partial charge in [-0.1, -0.05) is 18.2 Å². The zero-order chi connectivity index (χ0) is 19.8. The topological polar surface area (TPSA) is 72.1 Å². The quantitative estimate of drug-likeness (QED) is 0.550. The summed E-state index contributed by atoms with van der Waals surface area (Å²) in [5, 5.41) is 3.17. The van der Waals surface area contributed by atoms with E-state index in [0.717, 1.165) is 18.7 Å². The third kappa shape index (κ3) is 5.48. The second-order valence-electron chi connectivity index (χ2n) is 6.51. The Hall–Kier alpha value is -2.54. The van der Waals surface area contributed by atoms with Gasteiger partial charge in [-0.3, -0.25) is 0 Å². The number of guanidine groups is 1. The van der Waals surface area contributed by atoms with Crippen LogP contribution in [0.15, 0.2) is 47.5 Å². The molecule has 7 heteroatoms. The average molecular weight is 401 g/mol. The number of nitrogens with one attached hydrogen (secondary N) is 1. The van der Waals surface area contributed by atoms with Crippen LogP contribution in [0.4, 0.5) is 5.69 Å². The molecule has 0 bridgehead atoms. The third-order valence-corrected chi connectivity index (χ3v) is 5.61. The number of nitrogens with zero attached hydrogens (tertiary/aromatic N) is 2. The molecule has 6 nitrogen and oxygen atoms in total. The van der Waals surface area contributed by atoms with Gasteiger partial charge in [-0.05, 0) is 35.4 Å². The first-order valence-electron chi connectivity index (χ1n) is 9.36. The Morgan fingerprint density at radius 3 is 2.39 bits per heavy atom. The summed E-state index contributed by atoms with van der Waals surface area (Å²) in [5.74, 6) is 4.22. The summed E-state index contributed by atoms with van der Waals surface area (Å²) >= 11 is 2.02. The average Bonchev–Trinajstić information content (AvgIpc) is 2.77. The van der Waals surface area contributed by atoms with Crippen molar-refractivity contribution in [2.45, 2.75) is 13.1 Å². The Balaban J connectivity index is 1.51. The van der Waals surface area contributed by atoms with Gasteiger partial charge in [0.25, 0.3) is 0 Å². The molecule has 0 amide bonds. The maximum absolute atomic E-state index is 6.02. The summed E-state index contributed by atoms with van der Waals surface area (Å²) in [7, 11) is 3.24. The molecule has 1 fully saturated rings. The molecule has 1 aliphatic rings. The monoisotopic (exact) mass is 400 g/mol. The molecule has 3 N–H and O–H groups in total. The predicted octanol–water partition coefficient (Wildman–Crippen LogP) is 2.86. The van der Waals surface area contributed by atoms with Crippen molar-refractivity contribution in [2.75, 3.05) is 43.7 Å². The van der Waals surface area contributed by atoms with Crippen molar-refractivity contribution in [1.29, 1.82) is 0 Å². The van der Waals surface area contributed by atoms with Crippen LogP contribution in [0.5, 0.6) is 11.5 Å². The number of methoxy groups -OCH3 is 2. The first-order valence-corrected chi connectivity index (χ1v) is 10.5. The molecule has 0 saturated carbocycles. The second-order valence-corrected chi connectivity index (χ2v) is 7.73. The first kappa shape index (κ1) is 20.2. The number of hydrogen-bond donors (Lipinski definition) is 2. The van der Waals surface area contributed by atoms with Gasteiger partial charge in [0, 0.05) is 36.8 Å². The summed E-state index contributed by atoms with van der Waals surface area (Å²) in [4.78, 5) is 6.84. The fraction of sp³-hybridized carbons (Fsp3) is 0.381. The molecule has 2 aromatic carbocycles. The molecule has 2 aromatic rings. The highest BCUT2D eigenvalue weighted by molar-refractivity contribution is 7.99. The summed E-state index contributed by atoms with van der Waals surface area (Å²) in [5.41, 5.74) is 9.49. The van der Waals surface area contributed by atoms with E-state index in [2.05, 4.69) is 39.5 Å². The molecule has 1 aliphatic heterocycles. The van der Waals surface area contributed by atoms with E-state index < -0.39 is 0 Å². The third-order valence-electron chi connectivity index (χ3n) is 4.67. The summed E-state index contributed by atoms with van der Waals surface area (Å²) in [6.07, 6.45) is 0. The Morgan fingerprint density at radius 2 is 1.71 bits per heavy atom. The highest BCUT2D eigenvalue weighted by Gasteiger charge is 2.10. The number of nitrogens with two attached hydrogens (primary N) is 1. The Morgan fingerprint density at radius 1 is 1.04 bits per heavy atom. The summed E-state index contributed by atoms with van der Waals surface area (Å²) < 4.78 is 10.6. The van der Waals surface area contributed by atoms with E-state index in [9.17, 15) is 0 Å². The molecule has 0 aromatic heterocycles. The van der Waals surface area contributed by atoms with Crippen LogP contribution in [0.3, 0.4) is 0 Å². The predicted molar refractivity (Wildman–Crippen MR) is 118 cm³/mol. The normalized spacial score (nSPS) is 14.6. The minimum absolute atomic E-state index is 0.423. The SMILES string of the molecule is COc1ccc(CN=C(N)NCc2ccc(N3CCSCC3)cc2)cc1OC. The van der Waals surface area contributed by atoms with E-state index in [-0.39, 0.29) is 0 Å². The van der Waals surface area contributed by atoms with Crippen LogP contribution in [0.1, 0.15) is 11.1 Å². The van der Waals surface area contributed by atoms with E-state index in [0.29, 0.717) is 30.5 Å². The van der Waals surface area contributed by atoms with E-state index in [1.54, 1.807) is 14.2 Å². The van der Waals surface area contributed by atoms with Crippen molar-refractivity contribution in [3.8, 4) is 11.5 Å². The van der Waals surface area contributed by atoms with Gasteiger partial charge in [0.1, 0.15) is 0 Å². The zero-order valence-electron chi connectivity index (χ0n) is 16.5. The molecular formula is C21H28N4O2S. The number of ether oxygens (including phenoxy) is 2. The summed E-state index contributed by atoms with van der Waals surface area (Å²) in [6.45, 7) is 3.37. The van der Waals surface area contributed by atoms with E-state index in [1.165, 1.54) is 22.8 Å². The maximum atomic E-state index is 6.02. The van der Waals surface area contributed by atoms with Gasteiger partial charge in [0.2, 0.25) is 0 Å². The molecule has 0 unspecified atom stereocenters. The Kier molecular flexibility index (Phi) is 7.31. The molecule has 1 saturated heterocycles. The minimum Gasteiger partial charge on any atom is -0.493 e. The highest BCUT2D eigenvalue weighted by atomic mass is 32.2. The molecule has 28 heavy (non-hydrogen) atoms. The van der Waals surface area contributed by atoms with Gasteiger partial charge >= 0.3 is 0 Å². The van der Waals surface area contributed by atoms with E-state index in [1.807, 2.05) is 30.0 Å². The van der Waals surface area contributed by atoms with Crippen LogP contribution in [-0.2, 0) is 13.1 Å². The van der Waals surface area contributed by atoms with E-state index in [4.69, 9.17) is 15.2 Å². The summed E-state index contributed by atoms with van der Waals surface area (Å²) in [6, 6.07) is 14.4. The second kappa shape index (κ2) is 10.1. The number of anilines is 1. The van der Waals surface area contributed by atoms with Gasteiger partial charge in [-0.15, -0.1) is 0 Å². The molecule has 3 rings (SSSR count). The van der Waals surface area contributed by atoms with Gasteiger partial charge < -0.3 is 25.4 Å². The lowest BCUT2D eigenvalue weighted by Gasteiger charge is -2.28. The van der Waals surface area contributed by atoms with Crippen molar-refractivity contribution in [3.63, 3.8) is 0 Å². The van der Waals surface area contributed by atoms with Gasteiger partial charge in [0.05, 0.1) is 20.8 Å². The fourth-order valence-corrected chi connectivity index (χ4v) is 3.95. The number of rotatable bonds is 7. The zero-order valence-corrected chi connectivity index (χ0v) is 17.3. The van der Waals surface area contributed by atoms with Crippen LogP contribution in [0.2, 0.25) is 0 Å². The lowest BCUT2D eigenvalue weighted by Crippen LogP contribution is -2.32. The maximum Gasteiger partial charge on any atom is 0.189 e. The van der Waals surface area contributed by atoms with Crippen molar-refractivity contribution >= 4 is 23.4 Å². The largest absolute Gasteiger partial charge is 0.493 e. The Labute approximate surface area is 171 Å². The van der Waals surface area contributed by atoms with Gasteiger partial charge in [-0.2, -0.15) is 11.8 Å². The van der Waals surface area contributed by atoms with E-state index >= 15 is 0 Å². The number of thioether (sulfide) groups is 1. The van der Waals surface area contributed by atoms with Gasteiger partial charge in [0.15, 0.2) is 17.5 Å². The lowest BCUT2D eigenvalue weighted by molar-refractivity contribution is 0.354. The minimum atomic E-state index is 0.423. The van der Waals surface area contributed by atoms with Crippen LogP contribution in [0, 0.1) is 0 Å². The molecule has 0 radical (unpaired) electrons. The molecule has 0 spiro atoms. The van der Waals surface area contributed by atoms with Crippen LogP contribution >= 0.6 is 11.8 Å². The van der Waals surface area contributed by atoms with Crippen LogP contribution in [0.25, 0.3) is 0 Å². The van der Waals surface area contributed by atoms with Gasteiger partial charge in [-0.25, -0.2) is 4.99 Å². The van der Waals surface area contributed by atoms with Crippen LogP contribution < -0.4 is 25.4 Å². The number of hydrogen-bond acceptors (Lipinski definition) is 5. The van der Waals surface area contributed by atoms with Crippen LogP contribution in [-0.4, -0.2) is 44.8 Å².